The number of para-hydroxylation sites is 1. The van der Waals surface area contributed by atoms with E-state index in [4.69, 9.17) is 13.9 Å². The van der Waals surface area contributed by atoms with Crippen LogP contribution in [-0.2, 0) is 26.1 Å². The van der Waals surface area contributed by atoms with Gasteiger partial charge in [-0.2, -0.15) is 4.31 Å². The number of carbonyl (C=O) groups is 2. The van der Waals surface area contributed by atoms with Crippen molar-refractivity contribution >= 4 is 21.9 Å². The highest BCUT2D eigenvalue weighted by atomic mass is 32.2. The van der Waals surface area contributed by atoms with Crippen LogP contribution < -0.4 is 4.74 Å². The molecule has 0 N–H and O–H groups in total. The third-order valence-electron chi connectivity index (χ3n) is 7.92. The van der Waals surface area contributed by atoms with E-state index in [1.165, 1.54) is 11.4 Å². The Labute approximate surface area is 241 Å². The third-order valence-corrected chi connectivity index (χ3v) is 9.77. The molecule has 2 aliphatic heterocycles. The molecule has 1 fully saturated rings. The molecule has 9 nitrogen and oxygen atoms in total. The van der Waals surface area contributed by atoms with E-state index < -0.39 is 21.9 Å². The van der Waals surface area contributed by atoms with Crippen LogP contribution in [0.3, 0.4) is 0 Å². The van der Waals surface area contributed by atoms with E-state index in [-0.39, 0.29) is 42.2 Å². The second-order valence-electron chi connectivity index (χ2n) is 10.6. The second kappa shape index (κ2) is 12.1. The Morgan fingerprint density at radius 3 is 2.56 bits per heavy atom. The number of fused-ring (bicyclic) bond motifs is 1. The van der Waals surface area contributed by atoms with Crippen LogP contribution in [0, 0.1) is 6.92 Å². The molecule has 1 unspecified atom stereocenters. The third kappa shape index (κ3) is 6.04. The van der Waals surface area contributed by atoms with Crippen molar-refractivity contribution in [3.05, 3.63) is 82.8 Å². The highest BCUT2D eigenvalue weighted by Crippen LogP contribution is 2.35. The number of ether oxygens (including phenoxy) is 2. The van der Waals surface area contributed by atoms with E-state index in [9.17, 15) is 18.0 Å². The first-order valence-corrected chi connectivity index (χ1v) is 15.5. The van der Waals surface area contributed by atoms with E-state index in [1.54, 1.807) is 41.3 Å². The molecule has 0 saturated carbocycles. The molecule has 2 atom stereocenters. The first-order chi connectivity index (χ1) is 19.7. The number of hydrogen-bond acceptors (Lipinski definition) is 7. The van der Waals surface area contributed by atoms with Gasteiger partial charge in [0.15, 0.2) is 5.76 Å². The van der Waals surface area contributed by atoms with E-state index in [0.717, 1.165) is 29.5 Å². The molecule has 1 amide bonds. The average molecular weight is 581 g/mol. The number of hydrogen-bond donors (Lipinski definition) is 0. The zero-order valence-corrected chi connectivity index (χ0v) is 24.5. The molecule has 0 radical (unpaired) electrons. The van der Waals surface area contributed by atoms with Gasteiger partial charge in [-0.1, -0.05) is 37.3 Å². The van der Waals surface area contributed by atoms with Crippen molar-refractivity contribution in [3.63, 3.8) is 0 Å². The Kier molecular flexibility index (Phi) is 8.51. The Morgan fingerprint density at radius 1 is 1.07 bits per heavy atom. The molecule has 0 spiro atoms. The number of aryl methyl sites for hydroxylation is 1. The maximum atomic E-state index is 13.7. The minimum absolute atomic E-state index is 0.00496. The minimum Gasteiger partial charge on any atom is -0.488 e. The number of rotatable bonds is 8. The molecule has 3 aromatic rings. The highest BCUT2D eigenvalue weighted by Gasteiger charge is 2.35. The van der Waals surface area contributed by atoms with Crippen LogP contribution in [0.25, 0.3) is 0 Å². The van der Waals surface area contributed by atoms with Gasteiger partial charge in [0.1, 0.15) is 22.5 Å². The molecule has 0 aliphatic carbocycles. The van der Waals surface area contributed by atoms with Crippen molar-refractivity contribution in [2.24, 2.45) is 0 Å². The van der Waals surface area contributed by atoms with E-state index in [0.29, 0.717) is 31.0 Å². The van der Waals surface area contributed by atoms with Gasteiger partial charge in [-0.15, -0.1) is 0 Å². The Hall–Kier alpha value is -3.63. The van der Waals surface area contributed by atoms with Gasteiger partial charge in [-0.05, 0) is 67.1 Å². The zero-order valence-electron chi connectivity index (χ0n) is 23.7. The largest absolute Gasteiger partial charge is 0.488 e. The monoisotopic (exact) mass is 580 g/mol. The molecule has 41 heavy (non-hydrogen) atoms. The van der Waals surface area contributed by atoms with Gasteiger partial charge < -0.3 is 18.8 Å². The van der Waals surface area contributed by atoms with Crippen molar-refractivity contribution in [2.75, 3.05) is 26.7 Å². The maximum Gasteiger partial charge on any atom is 0.306 e. The minimum atomic E-state index is -3.83. The van der Waals surface area contributed by atoms with Crippen LogP contribution in [0.4, 0.5) is 0 Å². The summed E-state index contributed by atoms with van der Waals surface area (Å²) in [6, 6.07) is 15.8. The molecule has 0 bridgehead atoms. The van der Waals surface area contributed by atoms with Crippen molar-refractivity contribution in [2.45, 2.75) is 63.0 Å². The number of likely N-dealkylation sites (tertiary alicyclic amines) is 1. The van der Waals surface area contributed by atoms with Crippen LogP contribution in [0.1, 0.15) is 71.5 Å². The Morgan fingerprint density at radius 2 is 1.83 bits per heavy atom. The van der Waals surface area contributed by atoms with Crippen LogP contribution in [0.2, 0.25) is 0 Å². The van der Waals surface area contributed by atoms with Crippen LogP contribution in [-0.4, -0.2) is 62.3 Å². The van der Waals surface area contributed by atoms with Gasteiger partial charge in [-0.3, -0.25) is 9.59 Å². The summed E-state index contributed by atoms with van der Waals surface area (Å²) in [6.45, 7) is 5.66. The van der Waals surface area contributed by atoms with Gasteiger partial charge in [0, 0.05) is 19.6 Å². The Balaban J connectivity index is 1.48. The van der Waals surface area contributed by atoms with Crippen molar-refractivity contribution < 1.29 is 31.9 Å². The fourth-order valence-corrected chi connectivity index (χ4v) is 7.01. The molecule has 218 valence electrons. The number of sulfonamides is 1. The summed E-state index contributed by atoms with van der Waals surface area (Å²) >= 11 is 0. The summed E-state index contributed by atoms with van der Waals surface area (Å²) in [5.41, 5.74) is 2.48. The van der Waals surface area contributed by atoms with Crippen LogP contribution >= 0.6 is 0 Å². The lowest BCUT2D eigenvalue weighted by atomic mass is 9.90. The topological polar surface area (TPSA) is 106 Å². The van der Waals surface area contributed by atoms with Crippen LogP contribution in [0.5, 0.6) is 5.75 Å². The fourth-order valence-electron chi connectivity index (χ4n) is 5.44. The molecular formula is C31H36N2O7S. The van der Waals surface area contributed by atoms with Gasteiger partial charge in [0.2, 0.25) is 10.0 Å². The van der Waals surface area contributed by atoms with Gasteiger partial charge in [-0.25, -0.2) is 8.42 Å². The van der Waals surface area contributed by atoms with Gasteiger partial charge >= 0.3 is 5.97 Å². The van der Waals surface area contributed by atoms with E-state index >= 15 is 0 Å². The first-order valence-electron chi connectivity index (χ1n) is 14.0. The fraction of sp³-hybridized carbons (Fsp3) is 0.419. The molecule has 2 aliphatic rings. The number of furan rings is 1. The SMILES string of the molecule is CC[C@@H]1CN(Cc2cc(C(CC(=O)OC)c3ccc(C(=O)N4CCCC4)o3)ccc2C)S(=O)(=O)c2ccccc2O1. The number of benzene rings is 2. The zero-order chi connectivity index (χ0) is 29.1. The predicted molar refractivity (Wildman–Crippen MR) is 152 cm³/mol. The summed E-state index contributed by atoms with van der Waals surface area (Å²) < 4.78 is 46.0. The Bertz CT molecular complexity index is 1520. The quantitative estimate of drug-likeness (QED) is 0.350. The van der Waals surface area contributed by atoms with E-state index in [1.807, 2.05) is 32.0 Å². The van der Waals surface area contributed by atoms with E-state index in [2.05, 4.69) is 0 Å². The van der Waals surface area contributed by atoms with Crippen molar-refractivity contribution in [1.82, 2.24) is 9.21 Å². The summed E-state index contributed by atoms with van der Waals surface area (Å²) in [4.78, 5) is 27.3. The summed E-state index contributed by atoms with van der Waals surface area (Å²) in [6.07, 6.45) is 2.31. The smallest absolute Gasteiger partial charge is 0.306 e. The standard InChI is InChI=1S/C31H36N2O7S/c1-4-24-20-33(41(36,37)29-10-6-5-9-27(29)39-24)19-23-17-22(12-11-21(23)2)25(18-30(34)38-3)26-13-14-28(40-26)31(35)32-15-7-8-16-32/h5-6,9-14,17,24-25H,4,7-8,15-16,18-20H2,1-3H3/t24-,25?/m1/s1. The van der Waals surface area contributed by atoms with Crippen molar-refractivity contribution in [1.29, 1.82) is 0 Å². The molecule has 10 heteroatoms. The summed E-state index contributed by atoms with van der Waals surface area (Å²) in [5, 5.41) is 0. The lowest BCUT2D eigenvalue weighted by Gasteiger charge is -2.24. The lowest BCUT2D eigenvalue weighted by Crippen LogP contribution is -2.36. The molecule has 3 heterocycles. The number of nitrogens with zero attached hydrogens (tertiary/aromatic N) is 2. The number of amides is 1. The van der Waals surface area contributed by atoms with Gasteiger partial charge in [0.05, 0.1) is 26.0 Å². The molecule has 5 rings (SSSR count). The lowest BCUT2D eigenvalue weighted by molar-refractivity contribution is -0.140. The molecule has 2 aromatic carbocycles. The maximum absolute atomic E-state index is 13.7. The van der Waals surface area contributed by atoms with Crippen LogP contribution in [0.15, 0.2) is 63.9 Å². The highest BCUT2D eigenvalue weighted by molar-refractivity contribution is 7.89. The normalized spacial score (nSPS) is 19.2. The molecular weight excluding hydrogens is 544 g/mol. The number of carbonyl (C=O) groups excluding carboxylic acids is 2. The average Bonchev–Trinajstić information content (AvgIpc) is 3.67. The summed E-state index contributed by atoms with van der Waals surface area (Å²) in [5.74, 6) is -0.0182. The van der Waals surface area contributed by atoms with Crippen molar-refractivity contribution in [3.8, 4) is 5.75 Å². The van der Waals surface area contributed by atoms with Gasteiger partial charge in [0.25, 0.3) is 5.91 Å². The number of esters is 1. The molecule has 1 saturated heterocycles. The number of methoxy groups -OCH3 is 1. The predicted octanol–water partition coefficient (Wildman–Crippen LogP) is 4.88. The molecule has 1 aromatic heterocycles. The second-order valence-corrected chi connectivity index (χ2v) is 12.5. The summed E-state index contributed by atoms with van der Waals surface area (Å²) in [7, 11) is -2.49. The first kappa shape index (κ1) is 28.9.